The highest BCUT2D eigenvalue weighted by molar-refractivity contribution is 8.00. The third-order valence-electron chi connectivity index (χ3n) is 7.18. The molecule has 244 valence electrons. The number of nitrogens with one attached hydrogen (secondary N) is 2. The molecule has 20 heteroatoms. The van der Waals surface area contributed by atoms with E-state index in [-0.39, 0.29) is 33.2 Å². The third-order valence-corrected chi connectivity index (χ3v) is 9.60. The van der Waals surface area contributed by atoms with E-state index in [2.05, 4.69) is 25.8 Å². The number of β-lactam (4-membered cyclic amide) rings is 1. The number of carbonyl (C=O) groups excluding carboxylic acids is 4. The smallest absolute Gasteiger partial charge is 0.351 e. The van der Waals surface area contributed by atoms with Crippen LogP contribution in [0.5, 0.6) is 0 Å². The van der Waals surface area contributed by atoms with Gasteiger partial charge in [0.2, 0.25) is 0 Å². The quantitative estimate of drug-likeness (QED) is 0.0464. The van der Waals surface area contributed by atoms with Crippen molar-refractivity contribution in [3.8, 4) is 0 Å². The van der Waals surface area contributed by atoms with Crippen LogP contribution >= 0.6 is 34.7 Å². The number of hydrogen-bond acceptors (Lipinski definition) is 15. The van der Waals surface area contributed by atoms with E-state index in [1.54, 1.807) is 16.8 Å². The molecule has 3 aromatic rings. The summed E-state index contributed by atoms with van der Waals surface area (Å²) in [4.78, 5) is 64.5. The second-order valence-electron chi connectivity index (χ2n) is 10.2. The average Bonchev–Trinajstić information content (AvgIpc) is 3.52. The Bertz CT molecular complexity index is 1790. The van der Waals surface area contributed by atoms with E-state index in [0.29, 0.717) is 23.7 Å². The fourth-order valence-corrected chi connectivity index (χ4v) is 7.23. The van der Waals surface area contributed by atoms with Crippen molar-refractivity contribution in [2.75, 3.05) is 30.8 Å². The molecule has 0 aliphatic carbocycles. The lowest BCUT2D eigenvalue weighted by atomic mass is 10.0. The summed E-state index contributed by atoms with van der Waals surface area (Å²) in [5.74, 6) is -4.34. The molecular formula is C26H28ClN10O7S2-. The first-order valence-electron chi connectivity index (χ1n) is 13.8. The van der Waals surface area contributed by atoms with E-state index in [9.17, 15) is 29.4 Å². The Balaban J connectivity index is 1.38. The van der Waals surface area contributed by atoms with Gasteiger partial charge in [-0.1, -0.05) is 28.1 Å². The van der Waals surface area contributed by atoms with E-state index in [1.165, 1.54) is 11.8 Å². The van der Waals surface area contributed by atoms with Crippen LogP contribution in [0, 0.1) is 0 Å². The van der Waals surface area contributed by atoms with Crippen molar-refractivity contribution in [1.29, 1.82) is 0 Å². The number of anilines is 2. The predicted molar refractivity (Wildman–Crippen MR) is 164 cm³/mol. The number of carboxylic acids is 2. The molecule has 3 aromatic heterocycles. The fourth-order valence-electron chi connectivity index (χ4n) is 4.97. The summed E-state index contributed by atoms with van der Waals surface area (Å²) in [6, 6.07) is 2.50. The molecule has 1 fully saturated rings. The maximum Gasteiger partial charge on any atom is 0.351 e. The number of imidazole rings is 1. The van der Waals surface area contributed by atoms with Gasteiger partial charge in [0.15, 0.2) is 16.9 Å². The highest BCUT2D eigenvalue weighted by Gasteiger charge is 2.53. The molecule has 46 heavy (non-hydrogen) atoms. The average molecular weight is 692 g/mol. The molecular weight excluding hydrogens is 664 g/mol. The molecule has 17 nitrogen and oxygen atoms in total. The molecule has 2 aliphatic rings. The summed E-state index contributed by atoms with van der Waals surface area (Å²) in [5.41, 5.74) is 12.6. The highest BCUT2D eigenvalue weighted by atomic mass is 35.5. The van der Waals surface area contributed by atoms with Crippen molar-refractivity contribution in [2.24, 2.45) is 5.16 Å². The van der Waals surface area contributed by atoms with Crippen LogP contribution in [0.25, 0.3) is 11.2 Å². The summed E-state index contributed by atoms with van der Waals surface area (Å²) in [7, 11) is 1.86. The Labute approximate surface area is 274 Å². The topological polar surface area (TPSA) is 250 Å². The van der Waals surface area contributed by atoms with Gasteiger partial charge in [-0.05, 0) is 44.1 Å². The van der Waals surface area contributed by atoms with Gasteiger partial charge in [-0.3, -0.25) is 19.1 Å². The number of carbonyl (C=O) groups is 4. The highest BCUT2D eigenvalue weighted by Crippen LogP contribution is 2.40. The van der Waals surface area contributed by atoms with Crippen molar-refractivity contribution in [2.45, 2.75) is 44.0 Å². The minimum atomic E-state index is -1.59. The van der Waals surface area contributed by atoms with Crippen molar-refractivity contribution < 1.29 is 38.8 Å². The number of amides is 2. The standard InChI is InChI=1S/C26H29ClN10O7S2/c1-11(23(40)41)44-34-15(14-18(27)46-26(29)32-14)20(38)31-16-21(39)37-17(24(42)43)12(10-45-22(16)37)9-35-7-3-5-13-19(35)33-25(28)36(13)8-4-6-30-2/h3,5,7,11,16,22,28,30H,4,6,8-10H2,1-2H3,(H5,29,31,32,38,40,41,42,43)/p-1/b34-15-/t11-,16+,22+/m0/s1. The van der Waals surface area contributed by atoms with E-state index in [4.69, 9.17) is 27.9 Å². The van der Waals surface area contributed by atoms with Crippen LogP contribution < -0.4 is 36.9 Å². The first kappa shape index (κ1) is 32.9. The zero-order chi connectivity index (χ0) is 33.3. The Morgan fingerprint density at radius 3 is 2.72 bits per heavy atom. The number of nitrogen functional groups attached to an aromatic ring is 2. The number of fused-ring (bicyclic) bond motifs is 2. The number of nitrogens with zero attached hydrogens (tertiary/aromatic N) is 6. The summed E-state index contributed by atoms with van der Waals surface area (Å²) in [5, 5.41) is 31.9. The Morgan fingerprint density at radius 1 is 1.30 bits per heavy atom. The van der Waals surface area contributed by atoms with Crippen molar-refractivity contribution in [3.05, 3.63) is 39.6 Å². The zero-order valence-electron chi connectivity index (χ0n) is 24.4. The van der Waals surface area contributed by atoms with Gasteiger partial charge in [-0.2, -0.15) is 0 Å². The lowest BCUT2D eigenvalue weighted by molar-refractivity contribution is -0.664. The number of aromatic nitrogens is 4. The minimum absolute atomic E-state index is 0.00439. The van der Waals surface area contributed by atoms with Gasteiger partial charge in [0.05, 0.1) is 23.8 Å². The van der Waals surface area contributed by atoms with Crippen molar-refractivity contribution in [3.63, 3.8) is 0 Å². The molecule has 0 aromatic carbocycles. The molecule has 0 unspecified atom stereocenters. The SMILES string of the molecule is CNCCCn1c(N)nc2c1ccc[n+]2CC1=C(C(=O)[O-])N2C(=O)[C@@H](NC(=O)/C(=N\O[C@@H](C)C(=O)[O-])c3nc(N)sc3Cl)[C@H]2SC1. The molecule has 2 amide bonds. The lowest BCUT2D eigenvalue weighted by Crippen LogP contribution is -2.71. The molecule has 0 saturated carbocycles. The van der Waals surface area contributed by atoms with Gasteiger partial charge < -0.3 is 46.7 Å². The largest absolute Gasteiger partial charge is 0.546 e. The number of nitrogens with two attached hydrogens (primary N) is 2. The minimum Gasteiger partial charge on any atom is -0.546 e. The molecule has 0 bridgehead atoms. The van der Waals surface area contributed by atoms with E-state index in [1.807, 2.05) is 17.7 Å². The monoisotopic (exact) mass is 691 g/mol. The number of thiazole rings is 1. The normalized spacial score (nSPS) is 18.7. The van der Waals surface area contributed by atoms with Crippen LogP contribution in [0.3, 0.4) is 0 Å². The van der Waals surface area contributed by atoms with Crippen LogP contribution in [0.15, 0.2) is 34.8 Å². The number of oxime groups is 1. The van der Waals surface area contributed by atoms with E-state index >= 15 is 0 Å². The van der Waals surface area contributed by atoms with Gasteiger partial charge >= 0.3 is 11.6 Å². The van der Waals surface area contributed by atoms with Gasteiger partial charge in [0.1, 0.15) is 33.5 Å². The molecule has 5 rings (SSSR count). The van der Waals surface area contributed by atoms with Crippen LogP contribution in [-0.2, 0) is 37.1 Å². The summed E-state index contributed by atoms with van der Waals surface area (Å²) >= 11 is 8.22. The van der Waals surface area contributed by atoms with Crippen molar-refractivity contribution in [1.82, 2.24) is 30.1 Å². The van der Waals surface area contributed by atoms with Crippen LogP contribution in [0.2, 0.25) is 4.34 Å². The number of halogens is 1. The second kappa shape index (κ2) is 13.5. The summed E-state index contributed by atoms with van der Waals surface area (Å²) in [6.07, 6.45) is 1.02. The Morgan fingerprint density at radius 2 is 2.07 bits per heavy atom. The van der Waals surface area contributed by atoms with Crippen molar-refractivity contribution >= 4 is 86.4 Å². The number of pyridine rings is 1. The Kier molecular flexibility index (Phi) is 9.66. The molecule has 2 aliphatic heterocycles. The van der Waals surface area contributed by atoms with Gasteiger partial charge in [0.25, 0.3) is 11.8 Å². The molecule has 3 atom stereocenters. The Hall–Kier alpha value is -4.46. The maximum atomic E-state index is 13.3. The van der Waals surface area contributed by atoms with E-state index < -0.39 is 47.0 Å². The molecule has 1 saturated heterocycles. The second-order valence-corrected chi connectivity index (χ2v) is 12.9. The lowest BCUT2D eigenvalue weighted by Gasteiger charge is -2.50. The van der Waals surface area contributed by atoms with Gasteiger partial charge in [-0.15, -0.1) is 11.8 Å². The van der Waals surface area contributed by atoms with Crippen LogP contribution in [-0.4, -0.2) is 85.8 Å². The number of hydrogen-bond donors (Lipinski definition) is 4. The predicted octanol–water partition coefficient (Wildman–Crippen LogP) is -2.83. The van der Waals surface area contributed by atoms with Gasteiger partial charge in [0, 0.05) is 17.9 Å². The third kappa shape index (κ3) is 6.30. The molecule has 0 spiro atoms. The molecule has 6 N–H and O–H groups in total. The first-order valence-corrected chi connectivity index (χ1v) is 16.0. The molecule has 0 radical (unpaired) electrons. The maximum absolute atomic E-state index is 13.3. The summed E-state index contributed by atoms with van der Waals surface area (Å²) in [6.45, 7) is 2.63. The number of thioether (sulfide) groups is 1. The van der Waals surface area contributed by atoms with Crippen LogP contribution in [0.4, 0.5) is 11.1 Å². The van der Waals surface area contributed by atoms with Gasteiger partial charge in [-0.25, -0.2) is 9.55 Å². The zero-order valence-corrected chi connectivity index (χ0v) is 26.8. The number of aliphatic carboxylic acids is 2. The molecule has 5 heterocycles. The number of carboxylic acid groups (broad SMARTS) is 2. The fraction of sp³-hybridized carbons (Fsp3) is 0.385. The number of rotatable bonds is 13. The van der Waals surface area contributed by atoms with E-state index in [0.717, 1.165) is 41.6 Å². The number of aryl methyl sites for hydroxylation is 1. The van der Waals surface area contributed by atoms with Crippen LogP contribution in [0.1, 0.15) is 19.0 Å². The summed E-state index contributed by atoms with van der Waals surface area (Å²) < 4.78 is 3.60. The first-order chi connectivity index (χ1) is 21.9.